The summed E-state index contributed by atoms with van der Waals surface area (Å²) < 4.78 is 0. The minimum absolute atomic E-state index is 0.226. The van der Waals surface area contributed by atoms with Crippen LogP contribution in [-0.4, -0.2) is 17.2 Å². The van der Waals surface area contributed by atoms with Crippen LogP contribution in [0.5, 0.6) is 0 Å². The largest absolute Gasteiger partial charge is 0.288 e. The molecule has 2 heterocycles. The van der Waals surface area contributed by atoms with Crippen molar-refractivity contribution in [2.24, 2.45) is 4.99 Å². The van der Waals surface area contributed by atoms with Crippen molar-refractivity contribution in [1.29, 1.82) is 0 Å². The number of rotatable bonds is 0. The Morgan fingerprint density at radius 3 is 3.25 bits per heavy atom. The van der Waals surface area contributed by atoms with E-state index in [9.17, 15) is 4.79 Å². The van der Waals surface area contributed by atoms with Crippen LogP contribution in [0.2, 0.25) is 0 Å². The van der Waals surface area contributed by atoms with E-state index in [1.807, 2.05) is 0 Å². The van der Waals surface area contributed by atoms with Gasteiger partial charge in [0.1, 0.15) is 6.34 Å². The number of amides is 1. The van der Waals surface area contributed by atoms with Crippen LogP contribution in [0.1, 0.15) is 10.4 Å². The van der Waals surface area contributed by atoms with E-state index in [0.717, 1.165) is 0 Å². The average Bonchev–Trinajstić information content (AvgIpc) is 2.29. The molecule has 1 amide bonds. The number of aromatic nitrogens is 1. The predicted octanol–water partition coefficient (Wildman–Crippen LogP) is -0.0106. The van der Waals surface area contributed by atoms with Crippen molar-refractivity contribution in [1.82, 2.24) is 15.8 Å². The quantitative estimate of drug-likeness (QED) is 0.563. The van der Waals surface area contributed by atoms with E-state index in [1.54, 1.807) is 18.3 Å². The lowest BCUT2D eigenvalue weighted by molar-refractivity contribution is 0.0946. The molecule has 0 unspecified atom stereocenters. The van der Waals surface area contributed by atoms with Crippen LogP contribution in [0, 0.1) is 0 Å². The van der Waals surface area contributed by atoms with Crippen molar-refractivity contribution in [3.63, 3.8) is 0 Å². The summed E-state index contributed by atoms with van der Waals surface area (Å²) in [5.41, 5.74) is 5.41. The van der Waals surface area contributed by atoms with Crippen LogP contribution < -0.4 is 10.9 Å². The number of hydrogen-bond donors (Lipinski definition) is 2. The highest BCUT2D eigenvalue weighted by molar-refractivity contribution is 5.99. The molecule has 2 rings (SSSR count). The maximum absolute atomic E-state index is 11.2. The molecule has 12 heavy (non-hydrogen) atoms. The minimum atomic E-state index is -0.226. The third-order valence-electron chi connectivity index (χ3n) is 1.47. The van der Waals surface area contributed by atoms with Crippen molar-refractivity contribution < 1.29 is 4.79 Å². The number of fused-ring (bicyclic) bond motifs is 1. The van der Waals surface area contributed by atoms with E-state index in [0.29, 0.717) is 11.4 Å². The lowest BCUT2D eigenvalue weighted by atomic mass is 10.2. The molecule has 0 spiro atoms. The van der Waals surface area contributed by atoms with Gasteiger partial charge in [0.25, 0.3) is 5.91 Å². The Morgan fingerprint density at radius 2 is 2.33 bits per heavy atom. The van der Waals surface area contributed by atoms with Crippen LogP contribution in [-0.2, 0) is 0 Å². The number of hydrogen-bond acceptors (Lipinski definition) is 4. The second kappa shape index (κ2) is 2.61. The normalized spacial score (nSPS) is 14.2. The molecule has 1 aromatic heterocycles. The lowest BCUT2D eigenvalue weighted by Gasteiger charge is -1.99. The van der Waals surface area contributed by atoms with Crippen LogP contribution in [0.4, 0.5) is 5.82 Å². The Kier molecular flexibility index (Phi) is 1.48. The van der Waals surface area contributed by atoms with Gasteiger partial charge in [-0.25, -0.2) is 9.98 Å². The molecule has 0 aromatic carbocycles. The maximum atomic E-state index is 11.2. The maximum Gasteiger partial charge on any atom is 0.273 e. The van der Waals surface area contributed by atoms with Gasteiger partial charge >= 0.3 is 0 Å². The number of nitrogens with zero attached hydrogens (tertiary/aromatic N) is 2. The summed E-state index contributed by atoms with van der Waals surface area (Å²) in [6, 6.07) is 3.36. The molecule has 0 atom stereocenters. The van der Waals surface area contributed by atoms with Gasteiger partial charge in [0.2, 0.25) is 0 Å². The number of carbonyl (C=O) groups is 1. The molecule has 0 bridgehead atoms. The van der Waals surface area contributed by atoms with Crippen LogP contribution in [0.25, 0.3) is 0 Å². The molecule has 1 aliphatic rings. The van der Waals surface area contributed by atoms with Gasteiger partial charge in [-0.1, -0.05) is 0 Å². The summed E-state index contributed by atoms with van der Waals surface area (Å²) in [5.74, 6) is 0.204. The van der Waals surface area contributed by atoms with E-state index >= 15 is 0 Å². The van der Waals surface area contributed by atoms with E-state index in [2.05, 4.69) is 20.8 Å². The van der Waals surface area contributed by atoms with E-state index < -0.39 is 0 Å². The first kappa shape index (κ1) is 6.78. The smallest absolute Gasteiger partial charge is 0.273 e. The van der Waals surface area contributed by atoms with E-state index in [-0.39, 0.29) is 5.91 Å². The van der Waals surface area contributed by atoms with Gasteiger partial charge < -0.3 is 0 Å². The van der Waals surface area contributed by atoms with Gasteiger partial charge in [-0.2, -0.15) is 0 Å². The molecule has 0 aliphatic carbocycles. The molecule has 0 radical (unpaired) electrons. The van der Waals surface area contributed by atoms with Crippen LogP contribution in [0.3, 0.4) is 0 Å². The summed E-state index contributed by atoms with van der Waals surface area (Å²) >= 11 is 0. The number of carbonyl (C=O) groups excluding carboxylic acids is 1. The SMILES string of the molecule is O=C1NNC=Nc2ncccc21. The van der Waals surface area contributed by atoms with E-state index in [4.69, 9.17) is 0 Å². The fourth-order valence-electron chi connectivity index (χ4n) is 0.936. The third kappa shape index (κ3) is 1.01. The van der Waals surface area contributed by atoms with Gasteiger partial charge in [0.05, 0.1) is 5.56 Å². The molecular weight excluding hydrogens is 156 g/mol. The lowest BCUT2D eigenvalue weighted by Crippen LogP contribution is -2.34. The standard InChI is InChI=1S/C7H6N4O/c12-7-5-2-1-3-8-6(5)9-4-10-11-7/h1-4H,(H,11,12)(H,8,9,10). The third-order valence-corrected chi connectivity index (χ3v) is 1.47. The Labute approximate surface area is 68.5 Å². The monoisotopic (exact) mass is 162 g/mol. The second-order valence-electron chi connectivity index (χ2n) is 2.23. The molecule has 60 valence electrons. The number of nitrogens with one attached hydrogen (secondary N) is 2. The van der Waals surface area contributed by atoms with Gasteiger partial charge in [0, 0.05) is 6.20 Å². The highest BCUT2D eigenvalue weighted by atomic mass is 16.2. The highest BCUT2D eigenvalue weighted by Crippen LogP contribution is 2.14. The average molecular weight is 162 g/mol. The summed E-state index contributed by atoms with van der Waals surface area (Å²) in [4.78, 5) is 19.0. The Bertz CT molecular complexity index is 347. The summed E-state index contributed by atoms with van der Waals surface area (Å²) in [6.07, 6.45) is 2.98. The van der Waals surface area contributed by atoms with Crippen molar-refractivity contribution in [2.75, 3.05) is 0 Å². The summed E-state index contributed by atoms with van der Waals surface area (Å²) in [6.45, 7) is 0. The number of pyridine rings is 1. The number of aliphatic imine (C=N–C) groups is 1. The van der Waals surface area contributed by atoms with Gasteiger partial charge in [0.15, 0.2) is 5.82 Å². The van der Waals surface area contributed by atoms with Crippen molar-refractivity contribution in [3.8, 4) is 0 Å². The Hall–Kier alpha value is -1.91. The molecule has 0 fully saturated rings. The van der Waals surface area contributed by atoms with Crippen LogP contribution in [0.15, 0.2) is 23.3 Å². The second-order valence-corrected chi connectivity index (χ2v) is 2.23. The Morgan fingerprint density at radius 1 is 1.42 bits per heavy atom. The minimum Gasteiger partial charge on any atom is -0.288 e. The Balaban J connectivity index is 2.56. The van der Waals surface area contributed by atoms with Gasteiger partial charge in [-0.3, -0.25) is 15.6 Å². The molecular formula is C7H6N4O. The first-order valence-electron chi connectivity index (χ1n) is 3.41. The fraction of sp³-hybridized carbons (Fsp3) is 0. The first-order chi connectivity index (χ1) is 5.88. The van der Waals surface area contributed by atoms with Gasteiger partial charge in [-0.05, 0) is 12.1 Å². The van der Waals surface area contributed by atoms with Crippen molar-refractivity contribution in [2.45, 2.75) is 0 Å². The van der Waals surface area contributed by atoms with Crippen molar-refractivity contribution >= 4 is 18.1 Å². The molecule has 5 heteroatoms. The first-order valence-corrected chi connectivity index (χ1v) is 3.41. The van der Waals surface area contributed by atoms with Crippen LogP contribution >= 0.6 is 0 Å². The zero-order chi connectivity index (χ0) is 8.39. The highest BCUT2D eigenvalue weighted by Gasteiger charge is 2.12. The number of hydrazine groups is 1. The molecule has 1 aliphatic heterocycles. The zero-order valence-electron chi connectivity index (χ0n) is 6.11. The van der Waals surface area contributed by atoms with Crippen molar-refractivity contribution in [3.05, 3.63) is 23.9 Å². The predicted molar refractivity (Wildman–Crippen MR) is 43.0 cm³/mol. The molecule has 0 saturated carbocycles. The molecule has 1 aromatic rings. The summed E-state index contributed by atoms with van der Waals surface area (Å²) in [7, 11) is 0. The molecule has 5 nitrogen and oxygen atoms in total. The topological polar surface area (TPSA) is 66.4 Å². The van der Waals surface area contributed by atoms with E-state index in [1.165, 1.54) is 6.34 Å². The molecule has 0 saturated heterocycles. The summed E-state index contributed by atoms with van der Waals surface area (Å²) in [5, 5.41) is 0. The van der Waals surface area contributed by atoms with Gasteiger partial charge in [-0.15, -0.1) is 0 Å². The zero-order valence-corrected chi connectivity index (χ0v) is 6.11. The molecule has 2 N–H and O–H groups in total. The fourth-order valence-corrected chi connectivity index (χ4v) is 0.936.